The predicted molar refractivity (Wildman–Crippen MR) is 172 cm³/mol. The van der Waals surface area contributed by atoms with Crippen LogP contribution in [-0.4, -0.2) is 4.98 Å². The van der Waals surface area contributed by atoms with Crippen LogP contribution in [0.2, 0.25) is 0 Å². The molecule has 42 heavy (non-hydrogen) atoms. The maximum absolute atomic E-state index is 15.1. The van der Waals surface area contributed by atoms with E-state index in [4.69, 9.17) is 4.98 Å². The average molecular weight is 564 g/mol. The van der Waals surface area contributed by atoms with Gasteiger partial charge < -0.3 is 4.57 Å². The number of benzene rings is 4. The Kier molecular flexibility index (Phi) is 5.39. The fourth-order valence-corrected chi connectivity index (χ4v) is 12.4. The van der Waals surface area contributed by atoms with Gasteiger partial charge >= 0.3 is 0 Å². The molecule has 0 aliphatic heterocycles. The maximum atomic E-state index is 15.1. The standard InChI is InChI=1S/C39H34NOP/c41-42(32-11-3-1-4-12-32,33-13-5-2-6-14-33)34-15-9-10-28(23-34)29-24-36-35-16-7-8-17-37(35)39(38(36)40-25-29)30-19-26-18-27(21-30)22-31(39)20-26/h1-17,23-27,30-31H,18-22H2. The molecule has 1 spiro atoms. The van der Waals surface area contributed by atoms with Gasteiger partial charge in [-0.2, -0.15) is 0 Å². The molecule has 5 aromatic rings. The smallest absolute Gasteiger partial charge is 0.171 e. The minimum atomic E-state index is -3.06. The SMILES string of the molecule is O=P(c1ccccc1)(c1ccccc1)c1cccc(-c2cnc3c(c2)-c2ccccc2C32C3CC4CC(C3)CC2C4)c1. The van der Waals surface area contributed by atoms with E-state index in [-0.39, 0.29) is 5.41 Å². The third kappa shape index (κ3) is 3.34. The van der Waals surface area contributed by atoms with Crippen molar-refractivity contribution in [3.05, 3.63) is 133 Å². The molecule has 4 bridgehead atoms. The van der Waals surface area contributed by atoms with Crippen LogP contribution in [0, 0.1) is 23.7 Å². The highest BCUT2D eigenvalue weighted by atomic mass is 31.2. The van der Waals surface area contributed by atoms with Crippen molar-refractivity contribution in [1.82, 2.24) is 4.98 Å². The molecular weight excluding hydrogens is 529 g/mol. The van der Waals surface area contributed by atoms with Crippen molar-refractivity contribution in [3.63, 3.8) is 0 Å². The molecule has 4 saturated carbocycles. The average Bonchev–Trinajstić information content (AvgIpc) is 3.34. The van der Waals surface area contributed by atoms with Crippen LogP contribution >= 0.6 is 7.14 Å². The minimum absolute atomic E-state index is 0.0794. The molecule has 0 radical (unpaired) electrons. The molecule has 1 aromatic heterocycles. The van der Waals surface area contributed by atoms with Crippen LogP contribution in [0.4, 0.5) is 0 Å². The van der Waals surface area contributed by atoms with Crippen LogP contribution in [-0.2, 0) is 9.98 Å². The molecule has 5 aliphatic rings. The van der Waals surface area contributed by atoms with Gasteiger partial charge in [-0.1, -0.05) is 103 Å². The summed E-state index contributed by atoms with van der Waals surface area (Å²) in [6.07, 6.45) is 9.00. The third-order valence-corrected chi connectivity index (χ3v) is 14.2. The number of nitrogens with zero attached hydrogens (tertiary/aromatic N) is 1. The second-order valence-electron chi connectivity index (χ2n) is 13.2. The predicted octanol–water partition coefficient (Wildman–Crippen LogP) is 8.11. The van der Waals surface area contributed by atoms with Crippen molar-refractivity contribution >= 4 is 23.1 Å². The monoisotopic (exact) mass is 563 g/mol. The van der Waals surface area contributed by atoms with Crippen molar-refractivity contribution in [2.24, 2.45) is 23.7 Å². The molecule has 0 atom stereocenters. The first-order chi connectivity index (χ1) is 20.7. The minimum Gasteiger partial charge on any atom is -0.309 e. The normalized spacial score (nSPS) is 26.8. The van der Waals surface area contributed by atoms with Gasteiger partial charge in [0.2, 0.25) is 0 Å². The lowest BCUT2D eigenvalue weighted by molar-refractivity contribution is -0.0415. The van der Waals surface area contributed by atoms with Gasteiger partial charge in [-0.05, 0) is 84.6 Å². The van der Waals surface area contributed by atoms with Gasteiger partial charge in [0.15, 0.2) is 7.14 Å². The Hall–Kier alpha value is -3.74. The van der Waals surface area contributed by atoms with Crippen molar-refractivity contribution in [1.29, 1.82) is 0 Å². The molecule has 0 N–H and O–H groups in total. The lowest BCUT2D eigenvalue weighted by Gasteiger charge is -2.60. The zero-order chi connectivity index (χ0) is 27.9. The largest absolute Gasteiger partial charge is 0.309 e. The molecule has 0 unspecified atom stereocenters. The Labute approximate surface area is 248 Å². The lowest BCUT2D eigenvalue weighted by Crippen LogP contribution is -2.55. The summed E-state index contributed by atoms with van der Waals surface area (Å²) in [5, 5.41) is 2.58. The summed E-state index contributed by atoms with van der Waals surface area (Å²) < 4.78 is 15.1. The third-order valence-electron chi connectivity index (χ3n) is 11.2. The van der Waals surface area contributed by atoms with Crippen molar-refractivity contribution in [2.75, 3.05) is 0 Å². The maximum Gasteiger partial charge on any atom is 0.171 e. The number of rotatable bonds is 4. The van der Waals surface area contributed by atoms with E-state index in [1.54, 1.807) is 0 Å². The van der Waals surface area contributed by atoms with Crippen LogP contribution in [0.3, 0.4) is 0 Å². The molecule has 0 amide bonds. The number of hydrogen-bond acceptors (Lipinski definition) is 2. The van der Waals surface area contributed by atoms with E-state index >= 15 is 4.57 Å². The molecule has 10 rings (SSSR count). The van der Waals surface area contributed by atoms with Gasteiger partial charge in [-0.15, -0.1) is 0 Å². The highest BCUT2D eigenvalue weighted by Crippen LogP contribution is 2.69. The van der Waals surface area contributed by atoms with Crippen LogP contribution < -0.4 is 15.9 Å². The topological polar surface area (TPSA) is 30.0 Å². The Morgan fingerprint density at radius 1 is 0.571 bits per heavy atom. The van der Waals surface area contributed by atoms with Crippen molar-refractivity contribution < 1.29 is 4.57 Å². The molecule has 3 heteroatoms. The Balaban J connectivity index is 1.19. The van der Waals surface area contributed by atoms with E-state index in [9.17, 15) is 0 Å². The van der Waals surface area contributed by atoms with E-state index in [0.717, 1.165) is 38.9 Å². The zero-order valence-corrected chi connectivity index (χ0v) is 24.6. The van der Waals surface area contributed by atoms with E-state index in [1.807, 2.05) is 66.7 Å². The Morgan fingerprint density at radius 3 is 1.83 bits per heavy atom. The number of pyridine rings is 1. The molecular formula is C39H34NOP. The van der Waals surface area contributed by atoms with Gasteiger partial charge in [-0.3, -0.25) is 4.98 Å². The summed E-state index contributed by atoms with van der Waals surface area (Å²) in [4.78, 5) is 5.39. The second kappa shape index (κ2) is 9.13. The van der Waals surface area contributed by atoms with Gasteiger partial charge in [0, 0.05) is 38.7 Å². The Bertz CT molecular complexity index is 1810. The lowest BCUT2D eigenvalue weighted by atomic mass is 9.43. The molecule has 4 aromatic carbocycles. The molecule has 0 saturated heterocycles. The summed E-state index contributed by atoms with van der Waals surface area (Å²) >= 11 is 0. The van der Waals surface area contributed by atoms with Crippen LogP contribution in [0.15, 0.2) is 121 Å². The van der Waals surface area contributed by atoms with Gasteiger partial charge in [-0.25, -0.2) is 0 Å². The number of fused-ring (bicyclic) bond motifs is 3. The summed E-state index contributed by atoms with van der Waals surface area (Å²) in [7, 11) is -3.06. The quantitative estimate of drug-likeness (QED) is 0.207. The fraction of sp³-hybridized carbons (Fsp3) is 0.256. The van der Waals surface area contributed by atoms with Crippen LogP contribution in [0.5, 0.6) is 0 Å². The first-order valence-corrected chi connectivity index (χ1v) is 17.3. The summed E-state index contributed by atoms with van der Waals surface area (Å²) in [5.74, 6) is 3.25. The second-order valence-corrected chi connectivity index (χ2v) is 15.9. The van der Waals surface area contributed by atoms with Crippen molar-refractivity contribution in [3.8, 4) is 22.3 Å². The Morgan fingerprint density at radius 2 is 1.17 bits per heavy atom. The molecule has 1 heterocycles. The van der Waals surface area contributed by atoms with Gasteiger partial charge in [0.1, 0.15) is 0 Å². The number of aromatic nitrogens is 1. The molecule has 2 nitrogen and oxygen atoms in total. The van der Waals surface area contributed by atoms with E-state index in [1.165, 1.54) is 54.5 Å². The highest BCUT2D eigenvalue weighted by molar-refractivity contribution is 7.85. The van der Waals surface area contributed by atoms with Gasteiger partial charge in [0.05, 0.1) is 5.69 Å². The van der Waals surface area contributed by atoms with Crippen LogP contribution in [0.25, 0.3) is 22.3 Å². The van der Waals surface area contributed by atoms with Crippen molar-refractivity contribution in [2.45, 2.75) is 37.5 Å². The molecule has 5 aliphatic carbocycles. The zero-order valence-electron chi connectivity index (χ0n) is 23.7. The van der Waals surface area contributed by atoms with Gasteiger partial charge in [0.25, 0.3) is 0 Å². The van der Waals surface area contributed by atoms with Crippen LogP contribution in [0.1, 0.15) is 43.4 Å². The van der Waals surface area contributed by atoms with E-state index < -0.39 is 7.14 Å². The summed E-state index contributed by atoms with van der Waals surface area (Å²) in [6.45, 7) is 0. The first-order valence-electron chi connectivity index (χ1n) is 15.6. The highest BCUT2D eigenvalue weighted by Gasteiger charge is 2.62. The molecule has 206 valence electrons. The number of hydrogen-bond donors (Lipinski definition) is 0. The summed E-state index contributed by atoms with van der Waals surface area (Å²) in [6, 6.07) is 39.8. The summed E-state index contributed by atoms with van der Waals surface area (Å²) in [5.41, 5.74) is 7.80. The molecule has 4 fully saturated rings. The fourth-order valence-electron chi connectivity index (χ4n) is 9.72. The van der Waals surface area contributed by atoms with E-state index in [0.29, 0.717) is 11.8 Å². The first kappa shape index (κ1) is 24.8. The van der Waals surface area contributed by atoms with E-state index in [2.05, 4.69) is 54.7 Å².